The van der Waals surface area contributed by atoms with Gasteiger partial charge in [0, 0.05) is 26.2 Å². The molecule has 2 aliphatic rings. The quantitative estimate of drug-likeness (QED) is 0.312. The van der Waals surface area contributed by atoms with Gasteiger partial charge in [0.15, 0.2) is 5.84 Å². The van der Waals surface area contributed by atoms with E-state index in [1.54, 1.807) is 0 Å². The molecule has 6 nitrogen and oxygen atoms in total. The minimum Gasteiger partial charge on any atom is -0.409 e. The van der Waals surface area contributed by atoms with E-state index in [9.17, 15) is 0 Å². The third-order valence-corrected chi connectivity index (χ3v) is 4.84. The van der Waals surface area contributed by atoms with Crippen LogP contribution < -0.4 is 5.73 Å². The van der Waals surface area contributed by atoms with E-state index >= 15 is 0 Å². The minimum absolute atomic E-state index is 0.0850. The standard InChI is InChI=1S/C15H31N5O/c1-2-14(15(16)17-21)20-12-10-19(11-13-20)9-5-8-18-6-3-4-7-18/h14,21H,2-13H2,1H3,(H2,16,17). The van der Waals surface area contributed by atoms with Crippen LogP contribution in [0.5, 0.6) is 0 Å². The van der Waals surface area contributed by atoms with Crippen LogP contribution in [0.25, 0.3) is 0 Å². The molecule has 2 saturated heterocycles. The van der Waals surface area contributed by atoms with Gasteiger partial charge < -0.3 is 20.7 Å². The second-order valence-corrected chi connectivity index (χ2v) is 6.23. The molecule has 0 radical (unpaired) electrons. The molecule has 0 aliphatic carbocycles. The summed E-state index contributed by atoms with van der Waals surface area (Å²) in [5.74, 6) is 0.347. The number of likely N-dealkylation sites (tertiary alicyclic amines) is 1. The van der Waals surface area contributed by atoms with Gasteiger partial charge in [0.05, 0.1) is 6.04 Å². The van der Waals surface area contributed by atoms with Gasteiger partial charge in [0.25, 0.3) is 0 Å². The predicted octanol–water partition coefficient (Wildman–Crippen LogP) is 0.615. The summed E-state index contributed by atoms with van der Waals surface area (Å²) in [6, 6.07) is 0.0850. The molecule has 0 aromatic carbocycles. The molecule has 2 aliphatic heterocycles. The zero-order chi connectivity index (χ0) is 15.1. The van der Waals surface area contributed by atoms with Crippen LogP contribution in [-0.2, 0) is 0 Å². The summed E-state index contributed by atoms with van der Waals surface area (Å²) >= 11 is 0. The van der Waals surface area contributed by atoms with Gasteiger partial charge >= 0.3 is 0 Å². The van der Waals surface area contributed by atoms with E-state index in [-0.39, 0.29) is 6.04 Å². The Morgan fingerprint density at radius 3 is 2.14 bits per heavy atom. The summed E-state index contributed by atoms with van der Waals surface area (Å²) < 4.78 is 0. The molecule has 21 heavy (non-hydrogen) atoms. The lowest BCUT2D eigenvalue weighted by Gasteiger charge is -2.38. The minimum atomic E-state index is 0.0850. The SMILES string of the molecule is CCC(C(N)=NO)N1CCN(CCCN2CCCC2)CC1. The average Bonchev–Trinajstić information content (AvgIpc) is 3.02. The highest BCUT2D eigenvalue weighted by Gasteiger charge is 2.25. The fourth-order valence-corrected chi connectivity index (χ4v) is 3.54. The van der Waals surface area contributed by atoms with E-state index in [1.807, 2.05) is 0 Å². The number of oxime groups is 1. The molecule has 1 atom stereocenters. The highest BCUT2D eigenvalue weighted by Crippen LogP contribution is 2.11. The van der Waals surface area contributed by atoms with Crippen LogP contribution in [0.1, 0.15) is 32.6 Å². The van der Waals surface area contributed by atoms with E-state index < -0.39 is 0 Å². The molecule has 1 unspecified atom stereocenters. The van der Waals surface area contributed by atoms with E-state index in [2.05, 4.69) is 26.8 Å². The second kappa shape index (κ2) is 8.56. The topological polar surface area (TPSA) is 68.3 Å². The molecular weight excluding hydrogens is 266 g/mol. The number of nitrogens with two attached hydrogens (primary N) is 1. The summed E-state index contributed by atoms with van der Waals surface area (Å²) in [6.45, 7) is 11.3. The molecule has 2 fully saturated rings. The molecule has 0 amide bonds. The van der Waals surface area contributed by atoms with Gasteiger partial charge in [-0.1, -0.05) is 12.1 Å². The Balaban J connectivity index is 1.65. The van der Waals surface area contributed by atoms with Crippen molar-refractivity contribution in [1.82, 2.24) is 14.7 Å². The summed E-state index contributed by atoms with van der Waals surface area (Å²) in [5, 5.41) is 12.0. The number of amidine groups is 1. The Morgan fingerprint density at radius 1 is 1.05 bits per heavy atom. The van der Waals surface area contributed by atoms with Gasteiger partial charge in [0.1, 0.15) is 0 Å². The first-order valence-electron chi connectivity index (χ1n) is 8.40. The number of hydrogen-bond donors (Lipinski definition) is 2. The highest BCUT2D eigenvalue weighted by atomic mass is 16.4. The van der Waals surface area contributed by atoms with Crippen molar-refractivity contribution >= 4 is 5.84 Å². The van der Waals surface area contributed by atoms with Crippen LogP contribution in [0.15, 0.2) is 5.16 Å². The number of piperazine rings is 1. The van der Waals surface area contributed by atoms with Crippen LogP contribution in [0, 0.1) is 0 Å². The first-order valence-corrected chi connectivity index (χ1v) is 8.40. The number of hydrogen-bond acceptors (Lipinski definition) is 5. The molecule has 0 aromatic heterocycles. The van der Waals surface area contributed by atoms with Crippen LogP contribution in [0.3, 0.4) is 0 Å². The van der Waals surface area contributed by atoms with Gasteiger partial charge in [-0.25, -0.2) is 0 Å². The lowest BCUT2D eigenvalue weighted by atomic mass is 10.1. The smallest absolute Gasteiger partial charge is 0.156 e. The fourth-order valence-electron chi connectivity index (χ4n) is 3.54. The molecule has 2 heterocycles. The third-order valence-electron chi connectivity index (χ3n) is 4.84. The maximum absolute atomic E-state index is 8.86. The highest BCUT2D eigenvalue weighted by molar-refractivity contribution is 5.85. The van der Waals surface area contributed by atoms with Crippen molar-refractivity contribution in [3.05, 3.63) is 0 Å². The Morgan fingerprint density at radius 2 is 1.62 bits per heavy atom. The van der Waals surface area contributed by atoms with Crippen molar-refractivity contribution < 1.29 is 5.21 Å². The monoisotopic (exact) mass is 297 g/mol. The van der Waals surface area contributed by atoms with E-state index in [0.717, 1.165) is 32.6 Å². The maximum Gasteiger partial charge on any atom is 0.156 e. The lowest BCUT2D eigenvalue weighted by Crippen LogP contribution is -2.54. The van der Waals surface area contributed by atoms with E-state index in [0.29, 0.717) is 5.84 Å². The van der Waals surface area contributed by atoms with Crippen molar-refractivity contribution in [3.8, 4) is 0 Å². The molecule has 0 bridgehead atoms. The Bertz CT molecular complexity index is 322. The normalized spacial score (nSPS) is 24.5. The van der Waals surface area contributed by atoms with Crippen LogP contribution in [0.4, 0.5) is 0 Å². The fraction of sp³-hybridized carbons (Fsp3) is 0.933. The largest absolute Gasteiger partial charge is 0.409 e. The first kappa shape index (κ1) is 16.5. The van der Waals surface area contributed by atoms with Gasteiger partial charge in [-0.2, -0.15) is 0 Å². The molecule has 122 valence electrons. The van der Waals surface area contributed by atoms with Gasteiger partial charge in [0.2, 0.25) is 0 Å². The Hall–Kier alpha value is -0.850. The molecule has 0 spiro atoms. The van der Waals surface area contributed by atoms with Crippen LogP contribution in [-0.4, -0.2) is 84.1 Å². The van der Waals surface area contributed by atoms with Crippen molar-refractivity contribution in [3.63, 3.8) is 0 Å². The predicted molar refractivity (Wildman–Crippen MR) is 85.8 cm³/mol. The van der Waals surface area contributed by atoms with Gasteiger partial charge in [-0.3, -0.25) is 4.90 Å². The van der Waals surface area contributed by atoms with E-state index in [1.165, 1.54) is 45.4 Å². The lowest BCUT2D eigenvalue weighted by molar-refractivity contribution is 0.111. The van der Waals surface area contributed by atoms with Gasteiger partial charge in [-0.05, 0) is 51.9 Å². The summed E-state index contributed by atoms with van der Waals surface area (Å²) in [4.78, 5) is 7.47. The summed E-state index contributed by atoms with van der Waals surface area (Å²) in [6.07, 6.45) is 4.93. The van der Waals surface area contributed by atoms with Gasteiger partial charge in [-0.15, -0.1) is 0 Å². The van der Waals surface area contributed by atoms with Crippen molar-refractivity contribution in [1.29, 1.82) is 0 Å². The maximum atomic E-state index is 8.86. The second-order valence-electron chi connectivity index (χ2n) is 6.23. The molecule has 0 aromatic rings. The number of nitrogens with zero attached hydrogens (tertiary/aromatic N) is 4. The summed E-state index contributed by atoms with van der Waals surface area (Å²) in [7, 11) is 0. The zero-order valence-electron chi connectivity index (χ0n) is 13.4. The molecule has 0 saturated carbocycles. The summed E-state index contributed by atoms with van der Waals surface area (Å²) in [5.41, 5.74) is 5.78. The zero-order valence-corrected chi connectivity index (χ0v) is 13.4. The molecular formula is C15H31N5O. The molecule has 2 rings (SSSR count). The Labute approximate surface area is 128 Å². The van der Waals surface area contributed by atoms with Crippen LogP contribution >= 0.6 is 0 Å². The van der Waals surface area contributed by atoms with Crippen molar-refractivity contribution in [2.75, 3.05) is 52.4 Å². The average molecular weight is 297 g/mol. The first-order chi connectivity index (χ1) is 10.2. The number of rotatable bonds is 7. The molecule has 3 N–H and O–H groups in total. The van der Waals surface area contributed by atoms with Crippen LogP contribution in [0.2, 0.25) is 0 Å². The Kier molecular flexibility index (Phi) is 6.73. The van der Waals surface area contributed by atoms with E-state index in [4.69, 9.17) is 10.9 Å². The van der Waals surface area contributed by atoms with Crippen molar-refractivity contribution in [2.24, 2.45) is 10.9 Å². The third kappa shape index (κ3) is 4.83. The van der Waals surface area contributed by atoms with Crippen molar-refractivity contribution in [2.45, 2.75) is 38.6 Å². The molecule has 6 heteroatoms.